The molecular weight excluding hydrogens is 324 g/mol. The third-order valence-electron chi connectivity index (χ3n) is 3.19. The number of sulfone groups is 1. The third-order valence-corrected chi connectivity index (χ3v) is 7.07. The second-order valence-electron chi connectivity index (χ2n) is 4.74. The van der Waals surface area contributed by atoms with Gasteiger partial charge in [0.15, 0.2) is 0 Å². The molecule has 0 spiro atoms. The Labute approximate surface area is 123 Å². The van der Waals surface area contributed by atoms with Crippen LogP contribution in [0.15, 0.2) is 18.2 Å². The maximum Gasteiger partial charge on any atom is 0.235 e. The maximum atomic E-state index is 12.2. The van der Waals surface area contributed by atoms with E-state index in [0.717, 1.165) is 0 Å². The predicted molar refractivity (Wildman–Crippen MR) is 80.1 cm³/mol. The largest absolute Gasteiger partial charge is 0.399 e. The lowest BCUT2D eigenvalue weighted by molar-refractivity contribution is 0.555. The normalized spacial score (nSPS) is 19.6. The molecule has 9 heteroatoms. The van der Waals surface area contributed by atoms with Gasteiger partial charge in [-0.2, -0.15) is 0 Å². The maximum absolute atomic E-state index is 12.2. The van der Waals surface area contributed by atoms with Gasteiger partial charge in [0.05, 0.1) is 27.5 Å². The van der Waals surface area contributed by atoms with Gasteiger partial charge in [-0.05, 0) is 31.0 Å². The minimum Gasteiger partial charge on any atom is -0.399 e. The summed E-state index contributed by atoms with van der Waals surface area (Å²) in [5.41, 5.74) is 6.21. The van der Waals surface area contributed by atoms with Gasteiger partial charge in [0.25, 0.3) is 0 Å². The molecule has 0 unspecified atom stereocenters. The Morgan fingerprint density at radius 2 is 1.85 bits per heavy atom. The lowest BCUT2D eigenvalue weighted by Gasteiger charge is -2.23. The Morgan fingerprint density at radius 3 is 2.40 bits per heavy atom. The molecule has 1 aliphatic rings. The lowest BCUT2D eigenvalue weighted by atomic mass is 10.2. The highest BCUT2D eigenvalue weighted by molar-refractivity contribution is 7.94. The van der Waals surface area contributed by atoms with E-state index in [-0.39, 0.29) is 35.1 Å². The number of nitrogens with two attached hydrogens (primary N) is 1. The van der Waals surface area contributed by atoms with E-state index >= 15 is 0 Å². The van der Waals surface area contributed by atoms with Crippen molar-refractivity contribution in [3.05, 3.63) is 23.2 Å². The molecule has 1 aliphatic heterocycles. The first-order chi connectivity index (χ1) is 9.20. The van der Waals surface area contributed by atoms with E-state index in [0.29, 0.717) is 5.69 Å². The Kier molecular flexibility index (Phi) is 4.17. The zero-order chi connectivity index (χ0) is 15.0. The fraction of sp³-hybridized carbons (Fsp3) is 0.455. The van der Waals surface area contributed by atoms with Gasteiger partial charge in [-0.15, -0.1) is 0 Å². The van der Waals surface area contributed by atoms with Crippen LogP contribution in [0.4, 0.5) is 11.4 Å². The minimum absolute atomic E-state index is 0.101. The summed E-state index contributed by atoms with van der Waals surface area (Å²) in [6.45, 7) is 0. The molecule has 112 valence electrons. The summed E-state index contributed by atoms with van der Waals surface area (Å²) in [4.78, 5) is 0. The topological polar surface area (TPSA) is 106 Å². The molecule has 0 radical (unpaired) electrons. The standard InChI is InChI=1S/C11H15ClN2O4S2/c12-10-7-8(13)1-2-11(10)14-20(17,18)9-3-5-19(15,16)6-4-9/h1-2,7,9,14H,3-6,13H2. The molecule has 6 nitrogen and oxygen atoms in total. The van der Waals surface area contributed by atoms with E-state index in [1.807, 2.05) is 0 Å². The number of anilines is 2. The summed E-state index contributed by atoms with van der Waals surface area (Å²) in [5.74, 6) is -0.206. The van der Waals surface area contributed by atoms with Crippen LogP contribution < -0.4 is 10.5 Å². The first kappa shape index (κ1) is 15.4. The third kappa shape index (κ3) is 3.56. The average molecular weight is 339 g/mol. The van der Waals surface area contributed by atoms with Crippen LogP contribution in [-0.4, -0.2) is 33.6 Å². The molecule has 0 atom stereocenters. The van der Waals surface area contributed by atoms with Crippen LogP contribution in [0.3, 0.4) is 0 Å². The smallest absolute Gasteiger partial charge is 0.235 e. The SMILES string of the molecule is Nc1ccc(NS(=O)(=O)C2CCS(=O)(=O)CC2)c(Cl)c1. The number of hydrogen-bond acceptors (Lipinski definition) is 5. The summed E-state index contributed by atoms with van der Waals surface area (Å²) in [5, 5.41) is -0.517. The Hall–Kier alpha value is -0.990. The number of benzene rings is 1. The van der Waals surface area contributed by atoms with Gasteiger partial charge in [-0.25, -0.2) is 16.8 Å². The molecular formula is C11H15ClN2O4S2. The summed E-state index contributed by atoms with van der Waals surface area (Å²) in [6, 6.07) is 4.47. The van der Waals surface area contributed by atoms with Crippen molar-refractivity contribution in [3.8, 4) is 0 Å². The number of halogens is 1. The summed E-state index contributed by atoms with van der Waals surface area (Å²) < 4.78 is 49.5. The predicted octanol–water partition coefficient (Wildman–Crippen LogP) is 1.24. The molecule has 0 saturated carbocycles. The first-order valence-electron chi connectivity index (χ1n) is 5.97. The van der Waals surface area contributed by atoms with E-state index in [2.05, 4.69) is 4.72 Å². The highest BCUT2D eigenvalue weighted by Gasteiger charge is 2.33. The van der Waals surface area contributed by atoms with Gasteiger partial charge in [0.2, 0.25) is 10.0 Å². The van der Waals surface area contributed by atoms with Crippen molar-refractivity contribution in [1.29, 1.82) is 0 Å². The van der Waals surface area contributed by atoms with Gasteiger partial charge in [-0.1, -0.05) is 11.6 Å². The van der Waals surface area contributed by atoms with Crippen molar-refractivity contribution in [2.45, 2.75) is 18.1 Å². The highest BCUT2D eigenvalue weighted by Crippen LogP contribution is 2.27. The zero-order valence-corrected chi connectivity index (χ0v) is 12.9. The van der Waals surface area contributed by atoms with Crippen LogP contribution >= 0.6 is 11.6 Å². The second kappa shape index (κ2) is 5.42. The fourth-order valence-electron chi connectivity index (χ4n) is 2.03. The Morgan fingerprint density at radius 1 is 1.25 bits per heavy atom. The van der Waals surface area contributed by atoms with Gasteiger partial charge >= 0.3 is 0 Å². The van der Waals surface area contributed by atoms with Crippen molar-refractivity contribution < 1.29 is 16.8 Å². The van der Waals surface area contributed by atoms with Gasteiger partial charge < -0.3 is 5.73 Å². The van der Waals surface area contributed by atoms with Crippen molar-refractivity contribution in [1.82, 2.24) is 0 Å². The molecule has 0 aliphatic carbocycles. The van der Waals surface area contributed by atoms with E-state index < -0.39 is 25.1 Å². The van der Waals surface area contributed by atoms with E-state index in [9.17, 15) is 16.8 Å². The molecule has 0 amide bonds. The highest BCUT2D eigenvalue weighted by atomic mass is 35.5. The Bertz CT molecular complexity index is 702. The molecule has 1 heterocycles. The van der Waals surface area contributed by atoms with Crippen LogP contribution in [0.2, 0.25) is 5.02 Å². The van der Waals surface area contributed by atoms with E-state index in [4.69, 9.17) is 17.3 Å². The minimum atomic E-state index is -3.66. The van der Waals surface area contributed by atoms with Gasteiger partial charge in [0, 0.05) is 5.69 Å². The lowest BCUT2D eigenvalue weighted by Crippen LogP contribution is -2.36. The van der Waals surface area contributed by atoms with Crippen LogP contribution in [0, 0.1) is 0 Å². The van der Waals surface area contributed by atoms with Crippen molar-refractivity contribution in [2.24, 2.45) is 0 Å². The quantitative estimate of drug-likeness (QED) is 0.806. The molecule has 0 aromatic heterocycles. The van der Waals surface area contributed by atoms with Crippen molar-refractivity contribution in [3.63, 3.8) is 0 Å². The molecule has 1 aromatic rings. The molecule has 20 heavy (non-hydrogen) atoms. The molecule has 1 aromatic carbocycles. The van der Waals surface area contributed by atoms with Crippen LogP contribution in [-0.2, 0) is 19.9 Å². The summed E-state index contributed by atoms with van der Waals surface area (Å²) >= 11 is 5.92. The molecule has 3 N–H and O–H groups in total. The summed E-state index contributed by atoms with van der Waals surface area (Å²) in [7, 11) is -6.76. The number of rotatable bonds is 3. The fourth-order valence-corrected chi connectivity index (χ4v) is 5.62. The van der Waals surface area contributed by atoms with Crippen LogP contribution in [0.1, 0.15) is 12.8 Å². The molecule has 1 saturated heterocycles. The monoisotopic (exact) mass is 338 g/mol. The van der Waals surface area contributed by atoms with Crippen molar-refractivity contribution in [2.75, 3.05) is 22.0 Å². The van der Waals surface area contributed by atoms with Crippen LogP contribution in [0.25, 0.3) is 0 Å². The van der Waals surface area contributed by atoms with E-state index in [1.165, 1.54) is 18.2 Å². The number of sulfonamides is 1. The van der Waals surface area contributed by atoms with Crippen molar-refractivity contribution >= 4 is 42.8 Å². The van der Waals surface area contributed by atoms with E-state index in [1.54, 1.807) is 0 Å². The van der Waals surface area contributed by atoms with Gasteiger partial charge in [0.1, 0.15) is 9.84 Å². The van der Waals surface area contributed by atoms with Gasteiger partial charge in [-0.3, -0.25) is 4.72 Å². The number of nitrogens with one attached hydrogen (secondary N) is 1. The molecule has 0 bridgehead atoms. The first-order valence-corrected chi connectivity index (χ1v) is 9.71. The molecule has 2 rings (SSSR count). The number of nitrogen functional groups attached to an aromatic ring is 1. The van der Waals surface area contributed by atoms with Crippen LogP contribution in [0.5, 0.6) is 0 Å². The number of hydrogen-bond donors (Lipinski definition) is 2. The average Bonchev–Trinajstić information content (AvgIpc) is 2.32. The Balaban J connectivity index is 2.16. The zero-order valence-electron chi connectivity index (χ0n) is 10.5. The second-order valence-corrected chi connectivity index (χ2v) is 9.41. The summed E-state index contributed by atoms with van der Waals surface area (Å²) in [6.07, 6.45) is 0.203. The molecule has 1 fully saturated rings.